The number of anilines is 2. The van der Waals surface area contributed by atoms with E-state index in [2.05, 4.69) is 10.3 Å². The summed E-state index contributed by atoms with van der Waals surface area (Å²) in [6.45, 7) is 2.71. The van der Waals surface area contributed by atoms with Gasteiger partial charge in [0, 0.05) is 11.3 Å². The number of carbonyl (C=O) groups excluding carboxylic acids is 1. The second kappa shape index (κ2) is 6.95. The first kappa shape index (κ1) is 15.1. The number of nitrogens with two attached hydrogens (primary N) is 1. The summed E-state index contributed by atoms with van der Waals surface area (Å²) >= 11 is 5.78. The Balaban J connectivity index is 2.05. The van der Waals surface area contributed by atoms with E-state index >= 15 is 0 Å². The summed E-state index contributed by atoms with van der Waals surface area (Å²) in [6.07, 6.45) is 0.947. The molecule has 1 aromatic carbocycles. The molecule has 21 heavy (non-hydrogen) atoms. The van der Waals surface area contributed by atoms with Crippen molar-refractivity contribution in [3.05, 3.63) is 47.1 Å². The highest BCUT2D eigenvalue weighted by molar-refractivity contribution is 6.30. The molecule has 0 spiro atoms. The smallest absolute Gasteiger partial charge is 0.255 e. The van der Waals surface area contributed by atoms with E-state index in [0.29, 0.717) is 17.9 Å². The molecule has 3 N–H and O–H groups in total. The Bertz CT molecular complexity index is 609. The zero-order chi connectivity index (χ0) is 15.2. The van der Waals surface area contributed by atoms with E-state index < -0.39 is 0 Å². The van der Waals surface area contributed by atoms with Crippen LogP contribution >= 0.6 is 11.6 Å². The topological polar surface area (TPSA) is 77.2 Å². The fraction of sp³-hybridized carbons (Fsp3) is 0.200. The zero-order valence-electron chi connectivity index (χ0n) is 11.6. The molecule has 0 saturated heterocycles. The van der Waals surface area contributed by atoms with Gasteiger partial charge in [0.1, 0.15) is 16.7 Å². The summed E-state index contributed by atoms with van der Waals surface area (Å²) in [7, 11) is 0. The van der Waals surface area contributed by atoms with Gasteiger partial charge in [-0.2, -0.15) is 0 Å². The zero-order valence-corrected chi connectivity index (χ0v) is 12.4. The molecular weight excluding hydrogens is 290 g/mol. The molecule has 0 unspecified atom stereocenters. The Morgan fingerprint density at radius 2 is 2.05 bits per heavy atom. The van der Waals surface area contributed by atoms with Gasteiger partial charge in [0.25, 0.3) is 5.91 Å². The Morgan fingerprint density at radius 1 is 1.33 bits per heavy atom. The third kappa shape index (κ3) is 4.36. The molecule has 1 heterocycles. The van der Waals surface area contributed by atoms with Crippen LogP contribution in [0.3, 0.4) is 0 Å². The monoisotopic (exact) mass is 305 g/mol. The number of ether oxygens (including phenoxy) is 1. The molecule has 2 aromatic rings. The van der Waals surface area contributed by atoms with E-state index in [4.69, 9.17) is 22.1 Å². The molecule has 110 valence electrons. The number of hydrogen-bond acceptors (Lipinski definition) is 4. The molecule has 0 aliphatic heterocycles. The lowest BCUT2D eigenvalue weighted by Crippen LogP contribution is -2.12. The molecule has 1 amide bonds. The molecule has 0 saturated carbocycles. The number of nitrogens with one attached hydrogen (secondary N) is 1. The lowest BCUT2D eigenvalue weighted by atomic mass is 10.2. The molecule has 0 radical (unpaired) electrons. The summed E-state index contributed by atoms with van der Waals surface area (Å²) < 4.78 is 5.48. The Morgan fingerprint density at radius 3 is 2.67 bits per heavy atom. The van der Waals surface area contributed by atoms with Crippen LogP contribution in [-0.2, 0) is 0 Å². The largest absolute Gasteiger partial charge is 0.494 e. The number of hydrogen-bond donors (Lipinski definition) is 2. The van der Waals surface area contributed by atoms with Crippen LogP contribution in [0.5, 0.6) is 5.75 Å². The van der Waals surface area contributed by atoms with Crippen molar-refractivity contribution in [2.45, 2.75) is 13.3 Å². The van der Waals surface area contributed by atoms with Crippen molar-refractivity contribution >= 4 is 29.0 Å². The third-order valence-electron chi connectivity index (χ3n) is 2.66. The van der Waals surface area contributed by atoms with Crippen molar-refractivity contribution in [2.24, 2.45) is 0 Å². The van der Waals surface area contributed by atoms with Crippen molar-refractivity contribution in [2.75, 3.05) is 17.7 Å². The molecule has 0 atom stereocenters. The second-order valence-electron chi connectivity index (χ2n) is 4.43. The number of benzene rings is 1. The van der Waals surface area contributed by atoms with Gasteiger partial charge in [0.15, 0.2) is 0 Å². The van der Waals surface area contributed by atoms with E-state index in [-0.39, 0.29) is 16.9 Å². The minimum Gasteiger partial charge on any atom is -0.494 e. The van der Waals surface area contributed by atoms with Gasteiger partial charge >= 0.3 is 0 Å². The van der Waals surface area contributed by atoms with Gasteiger partial charge in [0.05, 0.1) is 6.61 Å². The minimum atomic E-state index is -0.298. The summed E-state index contributed by atoms with van der Waals surface area (Å²) in [6, 6.07) is 10.1. The highest BCUT2D eigenvalue weighted by Crippen LogP contribution is 2.18. The third-order valence-corrected chi connectivity index (χ3v) is 2.85. The first-order chi connectivity index (χ1) is 10.1. The van der Waals surface area contributed by atoms with Crippen LogP contribution in [0.1, 0.15) is 23.7 Å². The summed E-state index contributed by atoms with van der Waals surface area (Å²) in [5.74, 6) is 0.676. The quantitative estimate of drug-likeness (QED) is 0.830. The van der Waals surface area contributed by atoms with E-state index in [1.807, 2.05) is 6.92 Å². The number of aromatic nitrogens is 1. The van der Waals surface area contributed by atoms with E-state index in [1.54, 1.807) is 24.3 Å². The number of nitrogen functional groups attached to an aromatic ring is 1. The van der Waals surface area contributed by atoms with Gasteiger partial charge < -0.3 is 15.8 Å². The number of nitrogens with zero attached hydrogens (tertiary/aromatic N) is 1. The van der Waals surface area contributed by atoms with Gasteiger partial charge in [-0.3, -0.25) is 4.79 Å². The first-order valence-electron chi connectivity index (χ1n) is 6.55. The SMILES string of the molecule is CCCOc1ccc(NC(=O)c2cc(N)nc(Cl)c2)cc1. The van der Waals surface area contributed by atoms with Crippen molar-refractivity contribution in [3.8, 4) is 5.75 Å². The molecule has 0 aliphatic rings. The van der Waals surface area contributed by atoms with Gasteiger partial charge in [-0.05, 0) is 42.8 Å². The average molecular weight is 306 g/mol. The van der Waals surface area contributed by atoms with Crippen LogP contribution in [0.25, 0.3) is 0 Å². The number of carbonyl (C=O) groups is 1. The van der Waals surface area contributed by atoms with Crippen molar-refractivity contribution in [3.63, 3.8) is 0 Å². The van der Waals surface area contributed by atoms with Crippen LogP contribution in [0, 0.1) is 0 Å². The van der Waals surface area contributed by atoms with Crippen molar-refractivity contribution < 1.29 is 9.53 Å². The van der Waals surface area contributed by atoms with Crippen LogP contribution in [0.15, 0.2) is 36.4 Å². The fourth-order valence-corrected chi connectivity index (χ4v) is 1.92. The Labute approximate surface area is 128 Å². The van der Waals surface area contributed by atoms with E-state index in [0.717, 1.165) is 12.2 Å². The van der Waals surface area contributed by atoms with Crippen LogP contribution in [-0.4, -0.2) is 17.5 Å². The lowest BCUT2D eigenvalue weighted by molar-refractivity contribution is 0.102. The van der Waals surface area contributed by atoms with Gasteiger partial charge in [0.2, 0.25) is 0 Å². The standard InChI is InChI=1S/C15H16ClN3O2/c1-2-7-21-12-5-3-11(4-6-12)18-15(20)10-8-13(16)19-14(17)9-10/h3-6,8-9H,2,7H2,1H3,(H2,17,19)(H,18,20). The maximum Gasteiger partial charge on any atom is 0.255 e. The second-order valence-corrected chi connectivity index (χ2v) is 4.82. The lowest BCUT2D eigenvalue weighted by Gasteiger charge is -2.08. The van der Waals surface area contributed by atoms with E-state index in [1.165, 1.54) is 12.1 Å². The first-order valence-corrected chi connectivity index (χ1v) is 6.93. The van der Waals surface area contributed by atoms with Gasteiger partial charge in [-0.25, -0.2) is 4.98 Å². The number of rotatable bonds is 5. The van der Waals surface area contributed by atoms with Crippen molar-refractivity contribution in [1.82, 2.24) is 4.98 Å². The molecular formula is C15H16ClN3O2. The predicted molar refractivity (Wildman–Crippen MR) is 83.8 cm³/mol. The summed E-state index contributed by atoms with van der Waals surface area (Å²) in [5, 5.41) is 2.94. The number of pyridine rings is 1. The maximum atomic E-state index is 12.1. The molecule has 0 bridgehead atoms. The molecule has 6 heteroatoms. The Hall–Kier alpha value is -2.27. The maximum absolute atomic E-state index is 12.1. The molecule has 1 aromatic heterocycles. The van der Waals surface area contributed by atoms with Crippen molar-refractivity contribution in [1.29, 1.82) is 0 Å². The Kier molecular flexibility index (Phi) is 5.00. The van der Waals surface area contributed by atoms with Crippen LogP contribution in [0.4, 0.5) is 11.5 Å². The van der Waals surface area contributed by atoms with E-state index in [9.17, 15) is 4.79 Å². The predicted octanol–water partition coefficient (Wildman–Crippen LogP) is 3.36. The van der Waals surface area contributed by atoms with Gasteiger partial charge in [-0.15, -0.1) is 0 Å². The normalized spacial score (nSPS) is 10.2. The molecule has 0 fully saturated rings. The fourth-order valence-electron chi connectivity index (χ4n) is 1.71. The van der Waals surface area contributed by atoms with Gasteiger partial charge in [-0.1, -0.05) is 18.5 Å². The summed E-state index contributed by atoms with van der Waals surface area (Å²) in [4.78, 5) is 15.9. The molecule has 0 aliphatic carbocycles. The highest BCUT2D eigenvalue weighted by Gasteiger charge is 2.09. The van der Waals surface area contributed by atoms with Crippen LogP contribution < -0.4 is 15.8 Å². The highest BCUT2D eigenvalue weighted by atomic mass is 35.5. The minimum absolute atomic E-state index is 0.184. The van der Waals surface area contributed by atoms with Crippen LogP contribution in [0.2, 0.25) is 5.15 Å². The molecule has 2 rings (SSSR count). The summed E-state index contributed by atoms with van der Waals surface area (Å²) in [5.41, 5.74) is 6.59. The molecule has 5 nitrogen and oxygen atoms in total. The average Bonchev–Trinajstić information content (AvgIpc) is 2.45. The number of halogens is 1. The number of amides is 1.